The summed E-state index contributed by atoms with van der Waals surface area (Å²) in [6.07, 6.45) is 0. The van der Waals surface area contributed by atoms with E-state index >= 15 is 0 Å². The van der Waals surface area contributed by atoms with E-state index < -0.39 is 5.41 Å². The van der Waals surface area contributed by atoms with E-state index in [4.69, 9.17) is 0 Å². The van der Waals surface area contributed by atoms with Gasteiger partial charge in [-0.15, -0.1) is 11.3 Å². The Morgan fingerprint density at radius 3 is 1.44 bits per heavy atom. The van der Waals surface area contributed by atoms with Crippen LogP contribution in [0.5, 0.6) is 0 Å². The molecule has 0 bridgehead atoms. The minimum Gasteiger partial charge on any atom is -0.310 e. The van der Waals surface area contributed by atoms with Gasteiger partial charge in [-0.05, 0) is 121 Å². The number of hydrogen-bond acceptors (Lipinski definition) is 2. The van der Waals surface area contributed by atoms with E-state index in [9.17, 15) is 0 Å². The molecular formula is C61H41NS. The van der Waals surface area contributed by atoms with Gasteiger partial charge in [0, 0.05) is 37.2 Å². The quantitative estimate of drug-likeness (QED) is 0.148. The fourth-order valence-electron chi connectivity index (χ4n) is 10.1. The van der Waals surface area contributed by atoms with Crippen molar-refractivity contribution in [2.24, 2.45) is 0 Å². The molecule has 0 saturated carbocycles. The van der Waals surface area contributed by atoms with E-state index in [0.717, 1.165) is 17.1 Å². The molecule has 0 N–H and O–H groups in total. The lowest BCUT2D eigenvalue weighted by Crippen LogP contribution is -2.28. The third-order valence-electron chi connectivity index (χ3n) is 13.0. The van der Waals surface area contributed by atoms with Gasteiger partial charge < -0.3 is 4.90 Å². The molecule has 1 heterocycles. The molecule has 11 aromatic rings. The van der Waals surface area contributed by atoms with Crippen molar-refractivity contribution in [3.05, 3.63) is 271 Å². The summed E-state index contributed by atoms with van der Waals surface area (Å²) < 4.78 is 2.58. The van der Waals surface area contributed by atoms with Crippen LogP contribution in [0.4, 0.5) is 17.1 Å². The third kappa shape index (κ3) is 6.14. The minimum atomic E-state index is -0.527. The maximum Gasteiger partial charge on any atom is 0.0713 e. The lowest BCUT2D eigenvalue weighted by molar-refractivity contribution is 0.769. The van der Waals surface area contributed by atoms with E-state index in [0.29, 0.717) is 0 Å². The zero-order valence-corrected chi connectivity index (χ0v) is 35.3. The zero-order valence-electron chi connectivity index (χ0n) is 34.5. The summed E-state index contributed by atoms with van der Waals surface area (Å²) in [5.74, 6) is 0. The van der Waals surface area contributed by atoms with Gasteiger partial charge >= 0.3 is 0 Å². The fraction of sp³-hybridized carbons (Fsp3) is 0.0164. The van der Waals surface area contributed by atoms with Crippen molar-refractivity contribution in [1.29, 1.82) is 0 Å². The van der Waals surface area contributed by atoms with Crippen LogP contribution in [-0.2, 0) is 5.41 Å². The van der Waals surface area contributed by atoms with Crippen molar-refractivity contribution in [2.75, 3.05) is 4.90 Å². The summed E-state index contributed by atoms with van der Waals surface area (Å²) in [7, 11) is 0. The SMILES string of the molecule is c1ccc(-c2ccc(N(c3ccc(C4(c5cccc(-c6ccccc6)c5)c5ccccc5-c5ccccc54)cc3)c3ccc4sc5cccc(-c6ccccc6)c5c4c3)cc2)cc1. The highest BCUT2D eigenvalue weighted by Crippen LogP contribution is 2.57. The Balaban J connectivity index is 1.05. The molecule has 0 atom stereocenters. The van der Waals surface area contributed by atoms with Crippen LogP contribution in [0.15, 0.2) is 249 Å². The Labute approximate surface area is 372 Å². The monoisotopic (exact) mass is 819 g/mol. The van der Waals surface area contributed by atoms with E-state index in [1.54, 1.807) is 0 Å². The highest BCUT2D eigenvalue weighted by atomic mass is 32.1. The van der Waals surface area contributed by atoms with Gasteiger partial charge in [0.15, 0.2) is 0 Å². The molecule has 1 aromatic heterocycles. The van der Waals surface area contributed by atoms with Crippen molar-refractivity contribution in [1.82, 2.24) is 0 Å². The van der Waals surface area contributed by atoms with Gasteiger partial charge in [-0.25, -0.2) is 0 Å². The van der Waals surface area contributed by atoms with Gasteiger partial charge in [0.1, 0.15) is 0 Å². The van der Waals surface area contributed by atoms with Crippen LogP contribution in [0.1, 0.15) is 22.3 Å². The molecule has 1 aliphatic rings. The predicted octanol–water partition coefficient (Wildman–Crippen LogP) is 16.9. The topological polar surface area (TPSA) is 3.24 Å². The Kier molecular flexibility index (Phi) is 8.98. The van der Waals surface area contributed by atoms with Crippen LogP contribution >= 0.6 is 11.3 Å². The lowest BCUT2D eigenvalue weighted by atomic mass is 9.67. The highest BCUT2D eigenvalue weighted by molar-refractivity contribution is 7.26. The smallest absolute Gasteiger partial charge is 0.0713 e. The van der Waals surface area contributed by atoms with Crippen LogP contribution in [0.2, 0.25) is 0 Å². The van der Waals surface area contributed by atoms with E-state index in [2.05, 4.69) is 254 Å². The molecule has 10 aromatic carbocycles. The summed E-state index contributed by atoms with van der Waals surface area (Å²) >= 11 is 1.87. The minimum absolute atomic E-state index is 0.527. The van der Waals surface area contributed by atoms with Crippen molar-refractivity contribution in [2.45, 2.75) is 5.41 Å². The molecule has 0 fully saturated rings. The number of rotatable bonds is 8. The molecule has 0 amide bonds. The number of anilines is 3. The highest BCUT2D eigenvalue weighted by Gasteiger charge is 2.46. The zero-order chi connectivity index (χ0) is 41.7. The largest absolute Gasteiger partial charge is 0.310 e. The molecule has 1 nitrogen and oxygen atoms in total. The van der Waals surface area contributed by atoms with E-state index in [1.165, 1.54) is 86.9 Å². The number of thiophene rings is 1. The van der Waals surface area contributed by atoms with Gasteiger partial charge in [-0.3, -0.25) is 0 Å². The van der Waals surface area contributed by atoms with Gasteiger partial charge in [0.25, 0.3) is 0 Å². The molecule has 0 unspecified atom stereocenters. The second-order valence-electron chi connectivity index (χ2n) is 16.4. The van der Waals surface area contributed by atoms with Crippen molar-refractivity contribution >= 4 is 48.6 Å². The summed E-state index contributed by atoms with van der Waals surface area (Å²) in [6, 6.07) is 91.5. The van der Waals surface area contributed by atoms with Gasteiger partial charge in [0.2, 0.25) is 0 Å². The normalized spacial score (nSPS) is 12.6. The van der Waals surface area contributed by atoms with Crippen LogP contribution in [0, 0.1) is 0 Å². The maximum absolute atomic E-state index is 2.42. The average Bonchev–Trinajstić information content (AvgIpc) is 3.89. The molecule has 63 heavy (non-hydrogen) atoms. The Hall–Kier alpha value is -7.78. The number of nitrogens with zero attached hydrogens (tertiary/aromatic N) is 1. The van der Waals surface area contributed by atoms with E-state index in [1.807, 2.05) is 11.3 Å². The van der Waals surface area contributed by atoms with Crippen LogP contribution in [0.25, 0.3) is 64.7 Å². The van der Waals surface area contributed by atoms with Gasteiger partial charge in [0.05, 0.1) is 5.41 Å². The van der Waals surface area contributed by atoms with E-state index in [-0.39, 0.29) is 0 Å². The first-order chi connectivity index (χ1) is 31.2. The molecule has 0 spiro atoms. The first kappa shape index (κ1) is 37.0. The first-order valence-corrected chi connectivity index (χ1v) is 22.5. The average molecular weight is 820 g/mol. The van der Waals surface area contributed by atoms with Crippen molar-refractivity contribution in [3.63, 3.8) is 0 Å². The molecule has 0 saturated heterocycles. The summed E-state index contributed by atoms with van der Waals surface area (Å²) in [4.78, 5) is 2.42. The summed E-state index contributed by atoms with van der Waals surface area (Å²) in [5.41, 5.74) is 17.8. The summed E-state index contributed by atoms with van der Waals surface area (Å²) in [5, 5.41) is 2.57. The van der Waals surface area contributed by atoms with Gasteiger partial charge in [-0.2, -0.15) is 0 Å². The van der Waals surface area contributed by atoms with Crippen LogP contribution < -0.4 is 4.90 Å². The molecule has 0 aliphatic heterocycles. The third-order valence-corrected chi connectivity index (χ3v) is 14.1. The first-order valence-electron chi connectivity index (χ1n) is 21.7. The van der Waals surface area contributed by atoms with Crippen LogP contribution in [0.3, 0.4) is 0 Å². The van der Waals surface area contributed by atoms with Crippen molar-refractivity contribution < 1.29 is 0 Å². The molecule has 1 aliphatic carbocycles. The molecule has 296 valence electrons. The maximum atomic E-state index is 2.42. The predicted molar refractivity (Wildman–Crippen MR) is 268 cm³/mol. The Morgan fingerprint density at radius 1 is 0.302 bits per heavy atom. The molecular weight excluding hydrogens is 779 g/mol. The van der Waals surface area contributed by atoms with Gasteiger partial charge in [-0.1, -0.05) is 194 Å². The second kappa shape index (κ2) is 15.3. The summed E-state index contributed by atoms with van der Waals surface area (Å²) in [6.45, 7) is 0. The Bertz CT molecular complexity index is 3380. The number of hydrogen-bond donors (Lipinski definition) is 0. The lowest BCUT2D eigenvalue weighted by Gasteiger charge is -2.35. The van der Waals surface area contributed by atoms with Crippen molar-refractivity contribution in [3.8, 4) is 44.5 Å². The second-order valence-corrected chi connectivity index (χ2v) is 17.5. The standard InChI is InChI=1S/C61H41NS/c1-4-16-42(17-5-1)44-30-34-49(35-31-44)62(51-38-39-58-55(41-51)60-52(26-15-29-59(60)63-58)45-20-8-3-9-21-45)50-36-32-47(33-37-50)61(48-23-14-22-46(40-48)43-18-6-2-7-19-43)56-27-12-10-24-53(56)54-25-11-13-28-57(54)61/h1-41H. The number of benzene rings is 10. The Morgan fingerprint density at radius 2 is 0.794 bits per heavy atom. The number of fused-ring (bicyclic) bond motifs is 6. The molecule has 0 radical (unpaired) electrons. The molecule has 12 rings (SSSR count). The fourth-order valence-corrected chi connectivity index (χ4v) is 11.3. The molecule has 2 heteroatoms. The van der Waals surface area contributed by atoms with Crippen LogP contribution in [-0.4, -0.2) is 0 Å².